The quantitative estimate of drug-likeness (QED) is 0.567. The summed E-state index contributed by atoms with van der Waals surface area (Å²) >= 11 is 0. The van der Waals surface area contributed by atoms with Crippen molar-refractivity contribution in [2.45, 2.75) is 51.0 Å². The van der Waals surface area contributed by atoms with Crippen molar-refractivity contribution in [3.8, 4) is 11.5 Å². The Morgan fingerprint density at radius 3 is 2.77 bits per heavy atom. The lowest BCUT2D eigenvalue weighted by Crippen LogP contribution is -3.11. The minimum atomic E-state index is -0.409. The second kappa shape index (κ2) is 11.0. The van der Waals surface area contributed by atoms with Crippen LogP contribution in [0.25, 0.3) is 0 Å². The molecule has 1 aromatic rings. The Kier molecular flexibility index (Phi) is 8.13. The third-order valence-corrected chi connectivity index (χ3v) is 6.06. The summed E-state index contributed by atoms with van der Waals surface area (Å²) in [7, 11) is 3.27. The lowest BCUT2D eigenvalue weighted by atomic mass is 9.97. The van der Waals surface area contributed by atoms with Crippen LogP contribution in [-0.2, 0) is 4.79 Å². The first-order chi connectivity index (χ1) is 14.6. The summed E-state index contributed by atoms with van der Waals surface area (Å²) in [5.74, 6) is 1.27. The number of amides is 3. The van der Waals surface area contributed by atoms with E-state index in [2.05, 4.69) is 16.7 Å². The van der Waals surface area contributed by atoms with Crippen molar-refractivity contribution in [3.05, 3.63) is 35.4 Å². The number of hydrogen-bond donors (Lipinski definition) is 3. The van der Waals surface area contributed by atoms with Gasteiger partial charge in [0.15, 0.2) is 6.54 Å². The van der Waals surface area contributed by atoms with Crippen molar-refractivity contribution < 1.29 is 24.0 Å². The summed E-state index contributed by atoms with van der Waals surface area (Å²) in [4.78, 5) is 25.7. The van der Waals surface area contributed by atoms with Crippen LogP contribution in [0.1, 0.15) is 56.6 Å². The second-order valence-electron chi connectivity index (χ2n) is 8.05. The first-order valence-corrected chi connectivity index (χ1v) is 10.9. The van der Waals surface area contributed by atoms with Crippen LogP contribution >= 0.6 is 0 Å². The van der Waals surface area contributed by atoms with E-state index in [-0.39, 0.29) is 18.5 Å². The molecule has 1 aromatic carbocycles. The predicted molar refractivity (Wildman–Crippen MR) is 115 cm³/mol. The number of quaternary nitrogens is 1. The van der Waals surface area contributed by atoms with E-state index >= 15 is 0 Å². The molecule has 0 spiro atoms. The number of benzene rings is 1. The van der Waals surface area contributed by atoms with Crippen molar-refractivity contribution in [2.24, 2.45) is 0 Å². The number of likely N-dealkylation sites (tertiary alicyclic amines) is 1. The van der Waals surface area contributed by atoms with Crippen molar-refractivity contribution in [3.63, 3.8) is 0 Å². The summed E-state index contributed by atoms with van der Waals surface area (Å²) in [5, 5.41) is 5.29. The van der Waals surface area contributed by atoms with E-state index in [0.29, 0.717) is 6.54 Å². The van der Waals surface area contributed by atoms with E-state index in [9.17, 15) is 9.59 Å². The molecule has 1 aliphatic heterocycles. The topological polar surface area (TPSA) is 81.1 Å². The standard InChI is InChI=1S/C23H33N3O4/c1-29-18-10-11-19(21(15-18)30-2)20-9-6-14-26(20)16-22(27)25-23(28)24-13-12-17-7-4-3-5-8-17/h7,10-11,15,20H,3-6,8-9,12-14,16H2,1-2H3,(H2,24,25,27,28)/p+1/t20-/m0/s1. The van der Waals surface area contributed by atoms with E-state index in [4.69, 9.17) is 9.47 Å². The Morgan fingerprint density at radius 2 is 2.03 bits per heavy atom. The van der Waals surface area contributed by atoms with Gasteiger partial charge in [-0.05, 0) is 44.2 Å². The molecule has 1 unspecified atom stereocenters. The fraction of sp³-hybridized carbons (Fsp3) is 0.565. The van der Waals surface area contributed by atoms with Crippen LogP contribution in [0, 0.1) is 0 Å². The zero-order valence-corrected chi connectivity index (χ0v) is 18.1. The summed E-state index contributed by atoms with van der Waals surface area (Å²) in [6.45, 7) is 1.72. The highest BCUT2D eigenvalue weighted by atomic mass is 16.5. The summed E-state index contributed by atoms with van der Waals surface area (Å²) in [6.07, 6.45) is 9.90. The number of imide groups is 1. The van der Waals surface area contributed by atoms with E-state index in [1.807, 2.05) is 18.2 Å². The smallest absolute Gasteiger partial charge is 0.321 e. The number of allylic oxidation sites excluding steroid dienone is 1. The fourth-order valence-electron chi connectivity index (χ4n) is 4.49. The molecule has 0 bridgehead atoms. The van der Waals surface area contributed by atoms with Gasteiger partial charge in [0.05, 0.1) is 26.3 Å². The average Bonchev–Trinajstić information content (AvgIpc) is 3.21. The Bertz CT molecular complexity index is 778. The van der Waals surface area contributed by atoms with E-state index in [0.717, 1.165) is 60.6 Å². The third-order valence-electron chi connectivity index (χ3n) is 6.06. The monoisotopic (exact) mass is 416 g/mol. The molecule has 2 aliphatic rings. The number of methoxy groups -OCH3 is 2. The van der Waals surface area contributed by atoms with Crippen LogP contribution in [0.2, 0.25) is 0 Å². The van der Waals surface area contributed by atoms with Crippen LogP contribution in [0.4, 0.5) is 4.79 Å². The van der Waals surface area contributed by atoms with Crippen LogP contribution in [0.15, 0.2) is 29.8 Å². The number of hydrogen-bond acceptors (Lipinski definition) is 4. The number of carbonyl (C=O) groups excluding carboxylic acids is 2. The van der Waals surface area contributed by atoms with Gasteiger partial charge < -0.3 is 19.7 Å². The molecule has 7 nitrogen and oxygen atoms in total. The molecule has 3 N–H and O–H groups in total. The van der Waals surface area contributed by atoms with Gasteiger partial charge >= 0.3 is 6.03 Å². The zero-order chi connectivity index (χ0) is 21.3. The average molecular weight is 417 g/mol. The van der Waals surface area contributed by atoms with Crippen molar-refractivity contribution >= 4 is 11.9 Å². The first kappa shape index (κ1) is 22.2. The normalized spacial score (nSPS) is 20.9. The fourth-order valence-corrected chi connectivity index (χ4v) is 4.49. The van der Waals surface area contributed by atoms with Crippen LogP contribution < -0.4 is 25.0 Å². The molecule has 2 atom stereocenters. The van der Waals surface area contributed by atoms with Crippen molar-refractivity contribution in [1.29, 1.82) is 0 Å². The largest absolute Gasteiger partial charge is 0.497 e. The molecule has 30 heavy (non-hydrogen) atoms. The molecule has 1 aliphatic carbocycles. The van der Waals surface area contributed by atoms with Crippen molar-refractivity contribution in [1.82, 2.24) is 10.6 Å². The number of nitrogens with one attached hydrogen (secondary N) is 3. The predicted octanol–water partition coefficient (Wildman–Crippen LogP) is 2.14. The Labute approximate surface area is 178 Å². The molecule has 1 saturated heterocycles. The van der Waals surface area contributed by atoms with Gasteiger partial charge in [-0.25, -0.2) is 4.79 Å². The number of rotatable bonds is 8. The highest BCUT2D eigenvalue weighted by molar-refractivity contribution is 5.94. The van der Waals surface area contributed by atoms with Gasteiger partial charge in [0.25, 0.3) is 5.91 Å². The molecular formula is C23H34N3O4+. The van der Waals surface area contributed by atoms with Gasteiger partial charge in [0.1, 0.15) is 17.5 Å². The maximum atomic E-state index is 12.5. The maximum absolute atomic E-state index is 12.5. The molecule has 7 heteroatoms. The minimum absolute atomic E-state index is 0.165. The highest BCUT2D eigenvalue weighted by Gasteiger charge is 2.34. The summed E-state index contributed by atoms with van der Waals surface area (Å²) < 4.78 is 10.8. The van der Waals surface area contributed by atoms with Gasteiger partial charge in [-0.1, -0.05) is 11.6 Å². The SMILES string of the molecule is COc1ccc([C@@H]2CCC[NH+]2CC(=O)NC(=O)NCCC2=CCCCC2)c(OC)c1. The first-order valence-electron chi connectivity index (χ1n) is 10.9. The zero-order valence-electron chi connectivity index (χ0n) is 18.1. The highest BCUT2D eigenvalue weighted by Crippen LogP contribution is 2.31. The lowest BCUT2D eigenvalue weighted by Gasteiger charge is -2.23. The minimum Gasteiger partial charge on any atom is -0.497 e. The molecule has 3 rings (SSSR count). The van der Waals surface area contributed by atoms with Crippen LogP contribution in [0.5, 0.6) is 11.5 Å². The third kappa shape index (κ3) is 5.98. The van der Waals surface area contributed by atoms with Gasteiger partial charge in [0, 0.05) is 25.5 Å². The number of carbonyl (C=O) groups is 2. The molecule has 1 heterocycles. The van der Waals surface area contributed by atoms with E-state index < -0.39 is 6.03 Å². The van der Waals surface area contributed by atoms with Crippen LogP contribution in [0.3, 0.4) is 0 Å². The molecule has 3 amide bonds. The van der Waals surface area contributed by atoms with E-state index in [1.165, 1.54) is 18.4 Å². The number of ether oxygens (including phenoxy) is 2. The number of urea groups is 1. The molecule has 0 saturated carbocycles. The molecular weight excluding hydrogens is 382 g/mol. The van der Waals surface area contributed by atoms with Gasteiger partial charge in [-0.2, -0.15) is 0 Å². The van der Waals surface area contributed by atoms with Crippen LogP contribution in [-0.4, -0.2) is 45.8 Å². The summed E-state index contributed by atoms with van der Waals surface area (Å²) in [5.41, 5.74) is 2.48. The summed E-state index contributed by atoms with van der Waals surface area (Å²) in [6, 6.07) is 5.56. The molecule has 1 fully saturated rings. The Balaban J connectivity index is 1.49. The van der Waals surface area contributed by atoms with Gasteiger partial charge in [-0.3, -0.25) is 10.1 Å². The Hall–Kier alpha value is -2.54. The van der Waals surface area contributed by atoms with Crippen molar-refractivity contribution in [2.75, 3.05) is 33.9 Å². The molecule has 164 valence electrons. The van der Waals surface area contributed by atoms with Gasteiger partial charge in [0.2, 0.25) is 0 Å². The Morgan fingerprint density at radius 1 is 1.17 bits per heavy atom. The lowest BCUT2D eigenvalue weighted by molar-refractivity contribution is -0.910. The van der Waals surface area contributed by atoms with E-state index in [1.54, 1.807) is 14.2 Å². The maximum Gasteiger partial charge on any atom is 0.321 e. The second-order valence-corrected chi connectivity index (χ2v) is 8.05. The molecule has 0 aromatic heterocycles. The molecule has 0 radical (unpaired) electrons. The van der Waals surface area contributed by atoms with Gasteiger partial charge in [-0.15, -0.1) is 0 Å².